The minimum atomic E-state index is -0.194. The summed E-state index contributed by atoms with van der Waals surface area (Å²) >= 11 is 0. The summed E-state index contributed by atoms with van der Waals surface area (Å²) in [6, 6.07) is 43.6. The molecule has 0 fully saturated rings. The van der Waals surface area contributed by atoms with Crippen molar-refractivity contribution in [2.24, 2.45) is 5.41 Å². The smallest absolute Gasteiger partial charge is 0.0716 e. The summed E-state index contributed by atoms with van der Waals surface area (Å²) in [5.74, 6) is 0. The lowest BCUT2D eigenvalue weighted by Gasteiger charge is -2.41. The quantitative estimate of drug-likeness (QED) is 0.208. The summed E-state index contributed by atoms with van der Waals surface area (Å²) in [6.45, 7) is 6.84. The Hall–Kier alpha value is -5.34. The molecule has 2 heteroatoms. The first-order chi connectivity index (χ1) is 21.9. The predicted molar refractivity (Wildman–Crippen MR) is 190 cm³/mol. The average molecular weight is 579 g/mol. The van der Waals surface area contributed by atoms with Crippen LogP contribution in [0.5, 0.6) is 0 Å². The van der Waals surface area contributed by atoms with Crippen molar-refractivity contribution >= 4 is 32.4 Å². The first-order valence-corrected chi connectivity index (χ1v) is 15.7. The normalized spacial score (nSPS) is 17.3. The Labute approximate surface area is 264 Å². The van der Waals surface area contributed by atoms with Crippen molar-refractivity contribution in [2.45, 2.75) is 26.2 Å². The molecule has 0 amide bonds. The maximum atomic E-state index is 5.21. The van der Waals surface area contributed by atoms with Crippen LogP contribution in [0, 0.1) is 5.41 Å². The lowest BCUT2D eigenvalue weighted by Crippen LogP contribution is -2.38. The second-order valence-electron chi connectivity index (χ2n) is 13.0. The first kappa shape index (κ1) is 27.2. The maximum absolute atomic E-state index is 5.21. The van der Waals surface area contributed by atoms with Crippen molar-refractivity contribution in [3.8, 4) is 33.5 Å². The van der Waals surface area contributed by atoms with E-state index in [2.05, 4.69) is 166 Å². The molecule has 1 atom stereocenters. The van der Waals surface area contributed by atoms with Gasteiger partial charge in [-0.3, -0.25) is 4.98 Å². The van der Waals surface area contributed by atoms with Gasteiger partial charge in [0.25, 0.3) is 0 Å². The molecule has 5 aromatic carbocycles. The van der Waals surface area contributed by atoms with Crippen LogP contribution in [-0.4, -0.2) is 9.97 Å². The number of hydrogen-bond donors (Lipinski definition) is 0. The van der Waals surface area contributed by atoms with Crippen LogP contribution in [0.3, 0.4) is 0 Å². The molecule has 0 saturated heterocycles. The van der Waals surface area contributed by atoms with Gasteiger partial charge < -0.3 is 0 Å². The highest BCUT2D eigenvalue weighted by atomic mass is 14.7. The fourth-order valence-electron chi connectivity index (χ4n) is 6.72. The van der Waals surface area contributed by atoms with Crippen molar-refractivity contribution in [3.05, 3.63) is 158 Å². The molecule has 2 aromatic heterocycles. The van der Waals surface area contributed by atoms with E-state index in [1.54, 1.807) is 0 Å². The topological polar surface area (TPSA) is 25.8 Å². The lowest BCUT2D eigenvalue weighted by molar-refractivity contribution is 0.294. The van der Waals surface area contributed by atoms with Gasteiger partial charge in [-0.05, 0) is 87.0 Å². The molecule has 0 radical (unpaired) electrons. The summed E-state index contributed by atoms with van der Waals surface area (Å²) in [5.41, 5.74) is 8.45. The molecule has 7 aromatic rings. The highest BCUT2D eigenvalue weighted by Crippen LogP contribution is 2.45. The van der Waals surface area contributed by atoms with Crippen molar-refractivity contribution in [2.75, 3.05) is 0 Å². The van der Waals surface area contributed by atoms with Crippen LogP contribution in [0.2, 0.25) is 0 Å². The Kier molecular flexibility index (Phi) is 6.28. The molecule has 0 bridgehead atoms. The van der Waals surface area contributed by atoms with Gasteiger partial charge in [-0.2, -0.15) is 0 Å². The van der Waals surface area contributed by atoms with Gasteiger partial charge in [0.15, 0.2) is 0 Å². The first-order valence-electron chi connectivity index (χ1n) is 15.7. The van der Waals surface area contributed by atoms with E-state index < -0.39 is 0 Å². The number of benzene rings is 5. The molecule has 2 nitrogen and oxygen atoms in total. The summed E-state index contributed by atoms with van der Waals surface area (Å²) in [6.07, 6.45) is 10.9. The molecule has 1 aliphatic rings. The third kappa shape index (κ3) is 4.65. The third-order valence-corrected chi connectivity index (χ3v) is 9.94. The molecule has 216 valence electrons. The zero-order valence-corrected chi connectivity index (χ0v) is 25.8. The Morgan fingerprint density at radius 1 is 0.511 bits per heavy atom. The fourth-order valence-corrected chi connectivity index (χ4v) is 6.72. The fraction of sp³-hybridized carbons (Fsp3) is 0.116. The minimum Gasteiger partial charge on any atom is -0.260 e. The van der Waals surface area contributed by atoms with Crippen molar-refractivity contribution < 1.29 is 0 Å². The van der Waals surface area contributed by atoms with Crippen LogP contribution in [0.25, 0.3) is 66.0 Å². The average Bonchev–Trinajstić information content (AvgIpc) is 3.08. The van der Waals surface area contributed by atoms with E-state index in [9.17, 15) is 0 Å². The molecular weight excluding hydrogens is 544 g/mol. The summed E-state index contributed by atoms with van der Waals surface area (Å²) in [5, 5.41) is 6.04. The van der Waals surface area contributed by atoms with Crippen molar-refractivity contribution in [1.29, 1.82) is 0 Å². The van der Waals surface area contributed by atoms with E-state index in [4.69, 9.17) is 9.97 Å². The predicted octanol–water partition coefficient (Wildman–Crippen LogP) is 11.3. The SMILES string of the molecule is CC1(C)C=CC=CC1(C)c1ccc(-c2cc(-c3ccc4ccccc4c3)nc3ccc(-c4ccc5ccccc5c4)cc23)cn1. The zero-order chi connectivity index (χ0) is 30.6. The molecule has 45 heavy (non-hydrogen) atoms. The van der Waals surface area contributed by atoms with Gasteiger partial charge >= 0.3 is 0 Å². The Morgan fingerprint density at radius 2 is 1.11 bits per heavy atom. The second kappa shape index (κ2) is 10.4. The van der Waals surface area contributed by atoms with Crippen LogP contribution in [-0.2, 0) is 5.41 Å². The molecule has 8 rings (SSSR count). The van der Waals surface area contributed by atoms with Crippen LogP contribution in [0.15, 0.2) is 152 Å². The van der Waals surface area contributed by atoms with E-state index in [-0.39, 0.29) is 10.8 Å². The molecule has 0 spiro atoms. The van der Waals surface area contributed by atoms with Gasteiger partial charge in [0.05, 0.1) is 16.9 Å². The Balaban J connectivity index is 1.30. The largest absolute Gasteiger partial charge is 0.260 e. The molecule has 1 aliphatic carbocycles. The van der Waals surface area contributed by atoms with Crippen molar-refractivity contribution in [3.63, 3.8) is 0 Å². The summed E-state index contributed by atoms with van der Waals surface area (Å²) < 4.78 is 0. The van der Waals surface area contributed by atoms with E-state index >= 15 is 0 Å². The van der Waals surface area contributed by atoms with E-state index in [1.807, 2.05) is 6.20 Å². The molecule has 2 heterocycles. The van der Waals surface area contributed by atoms with Gasteiger partial charge in [-0.15, -0.1) is 0 Å². The van der Waals surface area contributed by atoms with Gasteiger partial charge in [-0.1, -0.05) is 123 Å². The maximum Gasteiger partial charge on any atom is 0.0716 e. The molecule has 0 aliphatic heterocycles. The van der Waals surface area contributed by atoms with Crippen LogP contribution in [0.4, 0.5) is 0 Å². The number of rotatable bonds is 4. The second-order valence-corrected chi connectivity index (χ2v) is 13.0. The molecular formula is C43H34N2. The third-order valence-electron chi connectivity index (χ3n) is 9.94. The zero-order valence-electron chi connectivity index (χ0n) is 25.8. The number of hydrogen-bond acceptors (Lipinski definition) is 2. The van der Waals surface area contributed by atoms with Crippen LogP contribution in [0.1, 0.15) is 26.5 Å². The molecule has 0 N–H and O–H groups in total. The van der Waals surface area contributed by atoms with E-state index in [0.717, 1.165) is 39.0 Å². The minimum absolute atomic E-state index is 0.0440. The van der Waals surface area contributed by atoms with Crippen LogP contribution < -0.4 is 0 Å². The summed E-state index contributed by atoms with van der Waals surface area (Å²) in [4.78, 5) is 10.3. The Bertz CT molecular complexity index is 2310. The Morgan fingerprint density at radius 3 is 1.80 bits per heavy atom. The standard InChI is InChI=1S/C43H34N2/c1-42(2)22-8-9-23-43(42,3)41-21-19-36(28-44-41)37-27-40(35-17-15-30-11-5-7-13-32(30)25-35)45-39-20-18-34(26-38(37)39)33-16-14-29-10-4-6-12-31(29)24-33/h4-28H,1-3H3. The lowest BCUT2D eigenvalue weighted by atomic mass is 9.62. The summed E-state index contributed by atoms with van der Waals surface area (Å²) in [7, 11) is 0. The van der Waals surface area contributed by atoms with Crippen LogP contribution >= 0.6 is 0 Å². The van der Waals surface area contributed by atoms with Crippen molar-refractivity contribution in [1.82, 2.24) is 9.97 Å². The number of allylic oxidation sites excluding steroid dienone is 4. The van der Waals surface area contributed by atoms with E-state index in [1.165, 1.54) is 32.7 Å². The number of nitrogens with zero attached hydrogens (tertiary/aromatic N) is 2. The van der Waals surface area contributed by atoms with Gasteiger partial charge in [0.1, 0.15) is 0 Å². The number of pyridine rings is 2. The van der Waals surface area contributed by atoms with E-state index in [0.29, 0.717) is 0 Å². The number of aromatic nitrogens is 2. The molecule has 1 unspecified atom stereocenters. The highest BCUT2D eigenvalue weighted by molar-refractivity contribution is 6.00. The monoisotopic (exact) mass is 578 g/mol. The number of fused-ring (bicyclic) bond motifs is 3. The van der Waals surface area contributed by atoms with Gasteiger partial charge in [0.2, 0.25) is 0 Å². The molecule has 0 saturated carbocycles. The van der Waals surface area contributed by atoms with Gasteiger partial charge in [-0.25, -0.2) is 4.98 Å². The highest BCUT2D eigenvalue weighted by Gasteiger charge is 2.40. The van der Waals surface area contributed by atoms with Gasteiger partial charge in [0, 0.05) is 28.1 Å².